The van der Waals surface area contributed by atoms with Gasteiger partial charge in [0.1, 0.15) is 16.8 Å². The van der Waals surface area contributed by atoms with E-state index in [9.17, 15) is 14.7 Å². The smallest absolute Gasteiger partial charge is 0.321 e. The van der Waals surface area contributed by atoms with Crippen molar-refractivity contribution in [3.05, 3.63) is 47.5 Å². The van der Waals surface area contributed by atoms with Crippen molar-refractivity contribution >= 4 is 23.6 Å². The Morgan fingerprint density at radius 2 is 1.88 bits per heavy atom. The molecule has 2 atom stereocenters. The first-order valence-electron chi connectivity index (χ1n) is 12.2. The summed E-state index contributed by atoms with van der Waals surface area (Å²) < 4.78 is 5.99. The third kappa shape index (κ3) is 6.10. The molecule has 8 heteroatoms. The van der Waals surface area contributed by atoms with Gasteiger partial charge in [-0.05, 0) is 61.7 Å². The number of aromatic nitrogens is 1. The number of amides is 1. The molecule has 1 unspecified atom stereocenters. The minimum absolute atomic E-state index is 0.0521. The number of hydrogen-bond acceptors (Lipinski definition) is 6. The molecule has 182 valence electrons. The fourth-order valence-corrected chi connectivity index (χ4v) is 5.57. The van der Waals surface area contributed by atoms with Crippen LogP contribution in [-0.4, -0.2) is 46.3 Å². The molecule has 1 saturated heterocycles. The Balaban J connectivity index is 1.46. The van der Waals surface area contributed by atoms with Gasteiger partial charge in [0.05, 0.1) is 5.56 Å². The predicted octanol–water partition coefficient (Wildman–Crippen LogP) is 4.97. The van der Waals surface area contributed by atoms with E-state index in [1.54, 1.807) is 23.9 Å². The first-order valence-corrected chi connectivity index (χ1v) is 13.2. The van der Waals surface area contributed by atoms with E-state index in [0.717, 1.165) is 37.0 Å². The van der Waals surface area contributed by atoms with Gasteiger partial charge in [-0.3, -0.25) is 9.59 Å². The van der Waals surface area contributed by atoms with Crippen molar-refractivity contribution in [2.75, 3.05) is 12.3 Å². The molecule has 1 aliphatic heterocycles. The van der Waals surface area contributed by atoms with Gasteiger partial charge < -0.3 is 20.5 Å². The number of thioether (sulfide) groups is 1. The van der Waals surface area contributed by atoms with Crippen molar-refractivity contribution in [1.82, 2.24) is 15.6 Å². The summed E-state index contributed by atoms with van der Waals surface area (Å²) in [6.45, 7) is 2.80. The molecule has 0 radical (unpaired) electrons. The van der Waals surface area contributed by atoms with Gasteiger partial charge in [0.15, 0.2) is 0 Å². The number of nitrogens with zero attached hydrogens (tertiary/aromatic N) is 1. The minimum atomic E-state index is -0.822. The van der Waals surface area contributed by atoms with E-state index in [2.05, 4.69) is 22.5 Å². The molecule has 0 bridgehead atoms. The Bertz CT molecular complexity index is 992. The molecule has 1 aromatic carbocycles. The second-order valence-corrected chi connectivity index (χ2v) is 10.1. The zero-order valence-electron chi connectivity index (χ0n) is 19.6. The van der Waals surface area contributed by atoms with Gasteiger partial charge in [-0.2, -0.15) is 0 Å². The number of rotatable bonds is 9. The lowest BCUT2D eigenvalue weighted by Gasteiger charge is -2.23. The highest BCUT2D eigenvalue weighted by Gasteiger charge is 2.33. The zero-order valence-corrected chi connectivity index (χ0v) is 20.4. The Morgan fingerprint density at radius 3 is 2.59 bits per heavy atom. The van der Waals surface area contributed by atoms with Crippen molar-refractivity contribution in [1.29, 1.82) is 0 Å². The number of benzene rings is 1. The number of pyridine rings is 1. The second kappa shape index (κ2) is 11.7. The topological polar surface area (TPSA) is 101 Å². The predicted molar refractivity (Wildman–Crippen MR) is 133 cm³/mol. The summed E-state index contributed by atoms with van der Waals surface area (Å²) in [4.78, 5) is 29.1. The zero-order chi connectivity index (χ0) is 23.9. The van der Waals surface area contributed by atoms with E-state index < -0.39 is 12.0 Å². The second-order valence-electron chi connectivity index (χ2n) is 9.00. The summed E-state index contributed by atoms with van der Waals surface area (Å²) in [6.07, 6.45) is 7.43. The van der Waals surface area contributed by atoms with Crippen LogP contribution in [0.4, 0.5) is 0 Å². The molecule has 2 fully saturated rings. The molecule has 2 heterocycles. The molecular formula is C26H33N3O4S. The van der Waals surface area contributed by atoms with Crippen LogP contribution in [-0.2, 0) is 4.79 Å². The van der Waals surface area contributed by atoms with E-state index in [1.165, 1.54) is 19.3 Å². The lowest BCUT2D eigenvalue weighted by molar-refractivity contribution is -0.139. The SMILES string of the molecule is CCCSc1nc(Oc2ccc(C3CCN[C@@H]3C(=O)O)cc2)ccc1C(=O)NC1CCCCC1. The van der Waals surface area contributed by atoms with Crippen molar-refractivity contribution in [2.45, 2.75) is 74.9 Å². The number of carboxylic acids is 1. The largest absolute Gasteiger partial charge is 0.480 e. The average molecular weight is 484 g/mol. The lowest BCUT2D eigenvalue weighted by atomic mass is 9.92. The maximum absolute atomic E-state index is 13.0. The van der Waals surface area contributed by atoms with Crippen LogP contribution >= 0.6 is 11.8 Å². The van der Waals surface area contributed by atoms with Gasteiger partial charge >= 0.3 is 5.97 Å². The molecule has 3 N–H and O–H groups in total. The van der Waals surface area contributed by atoms with Gasteiger partial charge in [-0.15, -0.1) is 11.8 Å². The number of hydrogen-bond donors (Lipinski definition) is 3. The molecule has 7 nitrogen and oxygen atoms in total. The first kappa shape index (κ1) is 24.5. The number of carbonyl (C=O) groups excluding carboxylic acids is 1. The van der Waals surface area contributed by atoms with Gasteiger partial charge in [0.2, 0.25) is 5.88 Å². The fraction of sp³-hybridized carbons (Fsp3) is 0.500. The monoisotopic (exact) mass is 483 g/mol. The van der Waals surface area contributed by atoms with Gasteiger partial charge in [-0.1, -0.05) is 38.3 Å². The summed E-state index contributed by atoms with van der Waals surface area (Å²) in [6, 6.07) is 10.8. The normalized spacial score (nSPS) is 20.7. The molecule has 1 aromatic heterocycles. The molecule has 0 spiro atoms. The van der Waals surface area contributed by atoms with Crippen molar-refractivity contribution in [3.63, 3.8) is 0 Å². The summed E-state index contributed by atoms with van der Waals surface area (Å²) in [5.41, 5.74) is 1.58. The highest BCUT2D eigenvalue weighted by Crippen LogP contribution is 2.31. The van der Waals surface area contributed by atoms with E-state index in [4.69, 9.17) is 4.74 Å². The van der Waals surface area contributed by atoms with Crippen molar-refractivity contribution in [3.8, 4) is 11.6 Å². The lowest BCUT2D eigenvalue weighted by Crippen LogP contribution is -2.36. The molecule has 1 saturated carbocycles. The van der Waals surface area contributed by atoms with Crippen LogP contribution in [0.25, 0.3) is 0 Å². The summed E-state index contributed by atoms with van der Waals surface area (Å²) in [7, 11) is 0. The van der Waals surface area contributed by atoms with Crippen molar-refractivity contribution < 1.29 is 19.4 Å². The quantitative estimate of drug-likeness (QED) is 0.433. The van der Waals surface area contributed by atoms with Gasteiger partial charge in [0.25, 0.3) is 5.91 Å². The molecule has 1 amide bonds. The third-order valence-corrected chi connectivity index (χ3v) is 7.68. The molecule has 4 rings (SSSR count). The molecule has 2 aromatic rings. The van der Waals surface area contributed by atoms with E-state index in [1.807, 2.05) is 24.3 Å². The van der Waals surface area contributed by atoms with Crippen LogP contribution in [0.1, 0.15) is 73.7 Å². The minimum Gasteiger partial charge on any atom is -0.480 e. The van der Waals surface area contributed by atoms with E-state index >= 15 is 0 Å². The maximum atomic E-state index is 13.0. The van der Waals surface area contributed by atoms with E-state index in [-0.39, 0.29) is 17.9 Å². The van der Waals surface area contributed by atoms with Crippen LogP contribution in [0, 0.1) is 0 Å². The summed E-state index contributed by atoms with van der Waals surface area (Å²) in [5, 5.41) is 16.3. The van der Waals surface area contributed by atoms with Crippen LogP contribution in [0.5, 0.6) is 11.6 Å². The standard InChI is InChI=1S/C26H33N3O4S/c1-2-16-34-25-21(24(30)28-18-6-4-3-5-7-18)12-13-22(29-25)33-19-10-8-17(9-11-19)20-14-15-27-23(20)26(31)32/h8-13,18,20,23,27H,2-7,14-16H2,1H3,(H,28,30)(H,31,32)/t20?,23-/m0/s1. The number of aliphatic carboxylic acids is 1. The van der Waals surface area contributed by atoms with Crippen LogP contribution in [0.15, 0.2) is 41.4 Å². The number of nitrogens with one attached hydrogen (secondary N) is 2. The Morgan fingerprint density at radius 1 is 1.12 bits per heavy atom. The molecule has 34 heavy (non-hydrogen) atoms. The Labute approximate surface area is 205 Å². The first-order chi connectivity index (χ1) is 16.5. The molecule has 1 aliphatic carbocycles. The van der Waals surface area contributed by atoms with Crippen LogP contribution < -0.4 is 15.4 Å². The number of carboxylic acid groups (broad SMARTS) is 1. The van der Waals surface area contributed by atoms with Gasteiger partial charge in [0, 0.05) is 18.0 Å². The maximum Gasteiger partial charge on any atom is 0.321 e. The number of carbonyl (C=O) groups is 2. The Hall–Kier alpha value is -2.58. The number of ether oxygens (including phenoxy) is 1. The fourth-order valence-electron chi connectivity index (χ4n) is 4.70. The highest BCUT2D eigenvalue weighted by molar-refractivity contribution is 7.99. The molecular weight excluding hydrogens is 450 g/mol. The third-order valence-electron chi connectivity index (χ3n) is 6.48. The van der Waals surface area contributed by atoms with Gasteiger partial charge in [-0.25, -0.2) is 4.98 Å². The Kier molecular flexibility index (Phi) is 8.45. The van der Waals surface area contributed by atoms with Crippen LogP contribution in [0.3, 0.4) is 0 Å². The summed E-state index contributed by atoms with van der Waals surface area (Å²) in [5.74, 6) is 0.994. The van der Waals surface area contributed by atoms with Crippen molar-refractivity contribution in [2.24, 2.45) is 0 Å². The molecule has 2 aliphatic rings. The average Bonchev–Trinajstić information content (AvgIpc) is 3.34. The van der Waals surface area contributed by atoms with E-state index in [0.29, 0.717) is 28.8 Å². The summed E-state index contributed by atoms with van der Waals surface area (Å²) >= 11 is 1.57. The highest BCUT2D eigenvalue weighted by atomic mass is 32.2. The van der Waals surface area contributed by atoms with Crippen LogP contribution in [0.2, 0.25) is 0 Å².